The van der Waals surface area contributed by atoms with Crippen molar-refractivity contribution in [3.63, 3.8) is 0 Å². The van der Waals surface area contributed by atoms with Crippen LogP contribution in [0.2, 0.25) is 0 Å². The first-order chi connectivity index (χ1) is 8.60. The molecule has 2 rings (SSSR count). The lowest BCUT2D eigenvalue weighted by molar-refractivity contribution is 0.412. The fraction of sp³-hybridized carbons (Fsp3) is 0.333. The van der Waals surface area contributed by atoms with E-state index in [1.54, 1.807) is 11.8 Å². The van der Waals surface area contributed by atoms with Crippen molar-refractivity contribution < 1.29 is 4.74 Å². The zero-order valence-corrected chi connectivity index (χ0v) is 11.9. The quantitative estimate of drug-likeness (QED) is 0.939. The van der Waals surface area contributed by atoms with Gasteiger partial charge in [0, 0.05) is 6.04 Å². The van der Waals surface area contributed by atoms with Crippen molar-refractivity contribution in [2.24, 2.45) is 5.73 Å². The summed E-state index contributed by atoms with van der Waals surface area (Å²) in [6, 6.07) is 5.83. The number of hydrogen-bond donors (Lipinski definition) is 1. The fourth-order valence-electron chi connectivity index (χ4n) is 1.59. The van der Waals surface area contributed by atoms with Gasteiger partial charge in [-0.2, -0.15) is 0 Å². The molecule has 1 aromatic heterocycles. The molecule has 2 aromatic rings. The molecule has 0 radical (unpaired) electrons. The summed E-state index contributed by atoms with van der Waals surface area (Å²) in [5, 5.41) is 8.06. The smallest absolute Gasteiger partial charge is 0.133 e. The highest BCUT2D eigenvalue weighted by Crippen LogP contribution is 2.25. The highest BCUT2D eigenvalue weighted by molar-refractivity contribution is 9.10. The average Bonchev–Trinajstić information content (AvgIpc) is 2.78. The summed E-state index contributed by atoms with van der Waals surface area (Å²) in [5.74, 6) is 0.814. The van der Waals surface area contributed by atoms with Crippen molar-refractivity contribution in [1.29, 1.82) is 0 Å². The van der Waals surface area contributed by atoms with Gasteiger partial charge in [-0.15, -0.1) is 5.10 Å². The van der Waals surface area contributed by atoms with E-state index in [1.807, 2.05) is 31.3 Å². The van der Waals surface area contributed by atoms with Gasteiger partial charge in [-0.1, -0.05) is 11.3 Å². The standard InChI is InChI=1S/C12H15BrN4O/c1-8(14)11-7-17(16-15-11)6-9-3-4-12(18-2)10(13)5-9/h3-5,7-8H,6,14H2,1-2H3. The minimum absolute atomic E-state index is 0.0960. The molecule has 1 aromatic carbocycles. The van der Waals surface area contributed by atoms with Gasteiger partial charge >= 0.3 is 0 Å². The lowest BCUT2D eigenvalue weighted by atomic mass is 10.2. The summed E-state index contributed by atoms with van der Waals surface area (Å²) in [4.78, 5) is 0. The van der Waals surface area contributed by atoms with E-state index in [4.69, 9.17) is 10.5 Å². The largest absolute Gasteiger partial charge is 0.496 e. The monoisotopic (exact) mass is 310 g/mol. The molecule has 0 bridgehead atoms. The molecule has 0 aliphatic heterocycles. The van der Waals surface area contributed by atoms with E-state index in [0.29, 0.717) is 6.54 Å². The van der Waals surface area contributed by atoms with Crippen LogP contribution in [0, 0.1) is 0 Å². The van der Waals surface area contributed by atoms with Crippen molar-refractivity contribution in [2.45, 2.75) is 19.5 Å². The van der Waals surface area contributed by atoms with Crippen molar-refractivity contribution in [3.05, 3.63) is 40.1 Å². The Morgan fingerprint density at radius 1 is 1.50 bits per heavy atom. The van der Waals surface area contributed by atoms with Gasteiger partial charge in [0.2, 0.25) is 0 Å². The molecule has 5 nitrogen and oxygen atoms in total. The van der Waals surface area contributed by atoms with E-state index >= 15 is 0 Å². The second-order valence-electron chi connectivity index (χ2n) is 4.10. The molecule has 0 spiro atoms. The predicted molar refractivity (Wildman–Crippen MR) is 72.4 cm³/mol. The maximum absolute atomic E-state index is 5.74. The van der Waals surface area contributed by atoms with E-state index in [-0.39, 0.29) is 6.04 Å². The molecular weight excluding hydrogens is 296 g/mol. The Labute approximate surface area is 114 Å². The van der Waals surface area contributed by atoms with Gasteiger partial charge in [0.15, 0.2) is 0 Å². The van der Waals surface area contributed by atoms with E-state index in [9.17, 15) is 0 Å². The van der Waals surface area contributed by atoms with E-state index in [0.717, 1.165) is 21.5 Å². The first kappa shape index (κ1) is 13.0. The maximum Gasteiger partial charge on any atom is 0.133 e. The van der Waals surface area contributed by atoms with Gasteiger partial charge < -0.3 is 10.5 Å². The number of nitrogens with two attached hydrogens (primary N) is 1. The first-order valence-electron chi connectivity index (χ1n) is 5.58. The minimum atomic E-state index is -0.0960. The number of methoxy groups -OCH3 is 1. The first-order valence-corrected chi connectivity index (χ1v) is 6.37. The van der Waals surface area contributed by atoms with Crippen LogP contribution in [0.15, 0.2) is 28.9 Å². The summed E-state index contributed by atoms with van der Waals surface area (Å²) in [7, 11) is 1.64. The third-order valence-electron chi connectivity index (χ3n) is 2.58. The highest BCUT2D eigenvalue weighted by atomic mass is 79.9. The van der Waals surface area contributed by atoms with Gasteiger partial charge in [0.1, 0.15) is 5.75 Å². The summed E-state index contributed by atoms with van der Waals surface area (Å²) < 4.78 is 7.88. The fourth-order valence-corrected chi connectivity index (χ4v) is 2.18. The van der Waals surface area contributed by atoms with Crippen LogP contribution < -0.4 is 10.5 Å². The molecular formula is C12H15BrN4O. The molecule has 0 saturated heterocycles. The van der Waals surface area contributed by atoms with Crippen LogP contribution in [0.1, 0.15) is 24.2 Å². The van der Waals surface area contributed by atoms with Gasteiger partial charge in [0.05, 0.1) is 30.0 Å². The van der Waals surface area contributed by atoms with Crippen LogP contribution in [-0.4, -0.2) is 22.1 Å². The molecule has 0 amide bonds. The average molecular weight is 311 g/mol. The zero-order valence-electron chi connectivity index (χ0n) is 10.3. The van der Waals surface area contributed by atoms with Crippen molar-refractivity contribution in [3.8, 4) is 5.75 Å². The Hall–Kier alpha value is -1.40. The number of aromatic nitrogens is 3. The van der Waals surface area contributed by atoms with Gasteiger partial charge in [-0.3, -0.25) is 0 Å². The van der Waals surface area contributed by atoms with E-state index in [1.165, 1.54) is 0 Å². The van der Waals surface area contributed by atoms with Crippen LogP contribution in [-0.2, 0) is 6.54 Å². The van der Waals surface area contributed by atoms with Gasteiger partial charge in [-0.05, 0) is 40.5 Å². The second kappa shape index (κ2) is 5.49. The van der Waals surface area contributed by atoms with Crippen LogP contribution >= 0.6 is 15.9 Å². The maximum atomic E-state index is 5.74. The van der Waals surface area contributed by atoms with Crippen LogP contribution in [0.3, 0.4) is 0 Å². The van der Waals surface area contributed by atoms with E-state index < -0.39 is 0 Å². The normalized spacial score (nSPS) is 12.4. The molecule has 0 aliphatic rings. The number of ether oxygens (including phenoxy) is 1. The van der Waals surface area contributed by atoms with Crippen LogP contribution in [0.5, 0.6) is 5.75 Å². The molecule has 6 heteroatoms. The Balaban J connectivity index is 2.15. The minimum Gasteiger partial charge on any atom is -0.496 e. The molecule has 1 heterocycles. The van der Waals surface area contributed by atoms with Crippen LogP contribution in [0.4, 0.5) is 0 Å². The molecule has 96 valence electrons. The molecule has 18 heavy (non-hydrogen) atoms. The Kier molecular flexibility index (Phi) is 3.98. The summed E-state index contributed by atoms with van der Waals surface area (Å²) in [5.41, 5.74) is 7.65. The molecule has 0 saturated carbocycles. The van der Waals surface area contributed by atoms with E-state index in [2.05, 4.69) is 26.2 Å². The lowest BCUT2D eigenvalue weighted by Gasteiger charge is -2.06. The highest BCUT2D eigenvalue weighted by Gasteiger charge is 2.06. The summed E-state index contributed by atoms with van der Waals surface area (Å²) in [6.07, 6.45) is 1.86. The van der Waals surface area contributed by atoms with Gasteiger partial charge in [-0.25, -0.2) is 4.68 Å². The van der Waals surface area contributed by atoms with Crippen molar-refractivity contribution >= 4 is 15.9 Å². The third kappa shape index (κ3) is 2.88. The molecule has 1 unspecified atom stereocenters. The Morgan fingerprint density at radius 2 is 2.28 bits per heavy atom. The number of benzene rings is 1. The summed E-state index contributed by atoms with van der Waals surface area (Å²) >= 11 is 3.46. The van der Waals surface area contributed by atoms with Crippen molar-refractivity contribution in [1.82, 2.24) is 15.0 Å². The molecule has 0 aliphatic carbocycles. The number of hydrogen-bond acceptors (Lipinski definition) is 4. The molecule has 2 N–H and O–H groups in total. The molecule has 0 fully saturated rings. The van der Waals surface area contributed by atoms with Crippen LogP contribution in [0.25, 0.3) is 0 Å². The lowest BCUT2D eigenvalue weighted by Crippen LogP contribution is -2.05. The SMILES string of the molecule is COc1ccc(Cn2cc(C(C)N)nn2)cc1Br. The number of nitrogens with zero attached hydrogens (tertiary/aromatic N) is 3. The second-order valence-corrected chi connectivity index (χ2v) is 4.95. The van der Waals surface area contributed by atoms with Crippen molar-refractivity contribution in [2.75, 3.05) is 7.11 Å². The Bertz CT molecular complexity index is 539. The Morgan fingerprint density at radius 3 is 2.83 bits per heavy atom. The zero-order chi connectivity index (χ0) is 13.1. The summed E-state index contributed by atoms with van der Waals surface area (Å²) in [6.45, 7) is 2.54. The predicted octanol–water partition coefficient (Wildman–Crippen LogP) is 2.12. The number of rotatable bonds is 4. The topological polar surface area (TPSA) is 66.0 Å². The third-order valence-corrected chi connectivity index (χ3v) is 3.20. The number of halogens is 1. The molecule has 1 atom stereocenters. The van der Waals surface area contributed by atoms with Gasteiger partial charge in [0.25, 0.3) is 0 Å².